The molecule has 0 bridgehead atoms. The first-order valence-corrected chi connectivity index (χ1v) is 10.2. The second-order valence-corrected chi connectivity index (χ2v) is 7.66. The monoisotopic (exact) mass is 425 g/mol. The van der Waals surface area contributed by atoms with Crippen LogP contribution in [0.1, 0.15) is 12.0 Å². The summed E-state index contributed by atoms with van der Waals surface area (Å²) in [7, 11) is 0. The Morgan fingerprint density at radius 3 is 2.24 bits per heavy atom. The average molecular weight is 426 g/mol. The lowest BCUT2D eigenvalue weighted by atomic mass is 10.2. The first-order valence-electron chi connectivity index (χ1n) is 9.48. The standard InChI is InChI=1S/C23H21Cl2N3O/c24-18-11-12-22(19(25)15-18)29-14-6-13-27-20-9-4-5-10-21(20)28(23(27)26)16-17-7-2-1-3-8-17/h1-5,7-12,15,26H,6,13-14,16H2. The zero-order valence-corrected chi connectivity index (χ0v) is 17.3. The molecule has 4 rings (SSSR count). The van der Waals surface area contributed by atoms with Crippen molar-refractivity contribution in [1.82, 2.24) is 9.13 Å². The zero-order chi connectivity index (χ0) is 20.2. The van der Waals surface area contributed by atoms with Gasteiger partial charge in [-0.05, 0) is 42.3 Å². The van der Waals surface area contributed by atoms with E-state index in [1.54, 1.807) is 18.2 Å². The molecule has 1 N–H and O–H groups in total. The third-order valence-electron chi connectivity index (χ3n) is 4.84. The highest BCUT2D eigenvalue weighted by molar-refractivity contribution is 6.35. The zero-order valence-electron chi connectivity index (χ0n) is 15.8. The first-order chi connectivity index (χ1) is 14.1. The van der Waals surface area contributed by atoms with Gasteiger partial charge in [0.05, 0.1) is 29.2 Å². The molecule has 0 unspecified atom stereocenters. The van der Waals surface area contributed by atoms with Crippen LogP contribution < -0.4 is 10.4 Å². The quantitative estimate of drug-likeness (QED) is 0.376. The summed E-state index contributed by atoms with van der Waals surface area (Å²) in [6, 6.07) is 23.6. The molecule has 0 aliphatic rings. The molecule has 0 saturated carbocycles. The highest BCUT2D eigenvalue weighted by Crippen LogP contribution is 2.27. The van der Waals surface area contributed by atoms with E-state index in [-0.39, 0.29) is 0 Å². The number of nitrogens with zero attached hydrogens (tertiary/aromatic N) is 2. The number of benzene rings is 3. The van der Waals surface area contributed by atoms with Crippen LogP contribution in [0, 0.1) is 5.41 Å². The predicted octanol–water partition coefficient (Wildman–Crippen LogP) is 5.75. The molecule has 0 fully saturated rings. The van der Waals surface area contributed by atoms with Crippen LogP contribution in [0.3, 0.4) is 0 Å². The number of nitrogens with one attached hydrogen (secondary N) is 1. The minimum atomic E-state index is 0.486. The predicted molar refractivity (Wildman–Crippen MR) is 118 cm³/mol. The number of hydrogen-bond donors (Lipinski definition) is 1. The topological polar surface area (TPSA) is 42.9 Å². The third-order valence-corrected chi connectivity index (χ3v) is 5.37. The molecule has 0 aliphatic carbocycles. The van der Waals surface area contributed by atoms with Crippen molar-refractivity contribution in [3.8, 4) is 5.75 Å². The molecule has 1 aromatic heterocycles. The molecular weight excluding hydrogens is 405 g/mol. The summed E-state index contributed by atoms with van der Waals surface area (Å²) in [5.41, 5.74) is 3.77. The van der Waals surface area contributed by atoms with Gasteiger partial charge in [0.2, 0.25) is 5.62 Å². The van der Waals surface area contributed by atoms with Gasteiger partial charge in [0.25, 0.3) is 0 Å². The van der Waals surface area contributed by atoms with Crippen LogP contribution in [-0.4, -0.2) is 15.7 Å². The molecule has 0 aliphatic heterocycles. The number of ether oxygens (including phenoxy) is 1. The average Bonchev–Trinajstić information content (AvgIpc) is 2.99. The Morgan fingerprint density at radius 2 is 1.52 bits per heavy atom. The SMILES string of the molecule is N=c1n(CCCOc2ccc(Cl)cc2Cl)c2ccccc2n1Cc1ccccc1. The van der Waals surface area contributed by atoms with E-state index in [4.69, 9.17) is 33.3 Å². The summed E-state index contributed by atoms with van der Waals surface area (Å²) in [5, 5.41) is 9.82. The van der Waals surface area contributed by atoms with Crippen molar-refractivity contribution in [2.45, 2.75) is 19.5 Å². The van der Waals surface area contributed by atoms with Crippen molar-refractivity contribution >= 4 is 34.2 Å². The van der Waals surface area contributed by atoms with Gasteiger partial charge in [-0.3, -0.25) is 5.41 Å². The van der Waals surface area contributed by atoms with Crippen LogP contribution in [0.5, 0.6) is 5.75 Å². The molecule has 6 heteroatoms. The largest absolute Gasteiger partial charge is 0.492 e. The van der Waals surface area contributed by atoms with Gasteiger partial charge < -0.3 is 13.9 Å². The van der Waals surface area contributed by atoms with E-state index in [2.05, 4.69) is 24.3 Å². The van der Waals surface area contributed by atoms with E-state index in [1.165, 1.54) is 5.56 Å². The van der Waals surface area contributed by atoms with Crippen LogP contribution >= 0.6 is 23.2 Å². The number of aryl methyl sites for hydroxylation is 1. The van der Waals surface area contributed by atoms with Crippen molar-refractivity contribution in [1.29, 1.82) is 5.41 Å². The maximum Gasteiger partial charge on any atom is 0.203 e. The normalized spacial score (nSPS) is 11.1. The van der Waals surface area contributed by atoms with Gasteiger partial charge in [0.1, 0.15) is 5.75 Å². The third kappa shape index (κ3) is 4.34. The number of aromatic nitrogens is 2. The van der Waals surface area contributed by atoms with Crippen molar-refractivity contribution in [2.75, 3.05) is 6.61 Å². The van der Waals surface area contributed by atoms with E-state index < -0.39 is 0 Å². The van der Waals surface area contributed by atoms with E-state index in [0.717, 1.165) is 17.5 Å². The van der Waals surface area contributed by atoms with Gasteiger partial charge in [-0.15, -0.1) is 0 Å². The van der Waals surface area contributed by atoms with E-state index in [0.29, 0.717) is 41.1 Å². The summed E-state index contributed by atoms with van der Waals surface area (Å²) < 4.78 is 9.87. The minimum Gasteiger partial charge on any atom is -0.492 e. The lowest BCUT2D eigenvalue weighted by Crippen LogP contribution is -2.25. The van der Waals surface area contributed by atoms with Gasteiger partial charge in [0.15, 0.2) is 0 Å². The molecule has 0 spiro atoms. The number of rotatable bonds is 7. The summed E-state index contributed by atoms with van der Waals surface area (Å²) in [5.74, 6) is 0.624. The van der Waals surface area contributed by atoms with Crippen LogP contribution in [0.15, 0.2) is 72.8 Å². The summed E-state index contributed by atoms with van der Waals surface area (Å²) in [6.45, 7) is 1.86. The molecule has 3 aromatic carbocycles. The Labute approximate surface area is 179 Å². The van der Waals surface area contributed by atoms with E-state index in [9.17, 15) is 0 Å². The van der Waals surface area contributed by atoms with Gasteiger partial charge >= 0.3 is 0 Å². The second kappa shape index (κ2) is 8.76. The van der Waals surface area contributed by atoms with Gasteiger partial charge in [-0.1, -0.05) is 65.7 Å². The smallest absolute Gasteiger partial charge is 0.203 e. The Morgan fingerprint density at radius 1 is 0.828 bits per heavy atom. The Hall–Kier alpha value is -2.69. The molecule has 0 radical (unpaired) electrons. The summed E-state index contributed by atoms with van der Waals surface area (Å²) in [4.78, 5) is 0. The number of hydrogen-bond acceptors (Lipinski definition) is 2. The van der Waals surface area contributed by atoms with Crippen molar-refractivity contribution in [2.24, 2.45) is 0 Å². The maximum absolute atomic E-state index is 8.73. The number of para-hydroxylation sites is 2. The second-order valence-electron chi connectivity index (χ2n) is 6.81. The molecule has 29 heavy (non-hydrogen) atoms. The highest BCUT2D eigenvalue weighted by Gasteiger charge is 2.11. The molecule has 0 amide bonds. The maximum atomic E-state index is 8.73. The molecule has 0 atom stereocenters. The first kappa shape index (κ1) is 19.6. The van der Waals surface area contributed by atoms with E-state index >= 15 is 0 Å². The summed E-state index contributed by atoms with van der Waals surface area (Å²) >= 11 is 12.1. The number of fused-ring (bicyclic) bond motifs is 1. The van der Waals surface area contributed by atoms with Gasteiger partial charge in [-0.25, -0.2) is 0 Å². The Balaban J connectivity index is 1.51. The minimum absolute atomic E-state index is 0.486. The lowest BCUT2D eigenvalue weighted by Gasteiger charge is -2.09. The summed E-state index contributed by atoms with van der Waals surface area (Å²) in [6.07, 6.45) is 0.759. The fourth-order valence-electron chi connectivity index (χ4n) is 3.44. The molecule has 148 valence electrons. The Bertz CT molecular complexity index is 1180. The lowest BCUT2D eigenvalue weighted by molar-refractivity contribution is 0.301. The van der Waals surface area contributed by atoms with Crippen LogP contribution in [0.2, 0.25) is 10.0 Å². The number of imidazole rings is 1. The molecule has 4 nitrogen and oxygen atoms in total. The van der Waals surface area contributed by atoms with E-state index in [1.807, 2.05) is 39.5 Å². The fraction of sp³-hybridized carbons (Fsp3) is 0.174. The fourth-order valence-corrected chi connectivity index (χ4v) is 3.91. The molecular formula is C23H21Cl2N3O. The van der Waals surface area contributed by atoms with Gasteiger partial charge in [0, 0.05) is 11.6 Å². The van der Waals surface area contributed by atoms with Crippen molar-refractivity contribution in [3.63, 3.8) is 0 Å². The van der Waals surface area contributed by atoms with Crippen molar-refractivity contribution in [3.05, 3.63) is 94.0 Å². The van der Waals surface area contributed by atoms with Crippen LogP contribution in [0.4, 0.5) is 0 Å². The van der Waals surface area contributed by atoms with Crippen LogP contribution in [0.25, 0.3) is 11.0 Å². The molecule has 0 saturated heterocycles. The molecule has 1 heterocycles. The molecule has 4 aromatic rings. The van der Waals surface area contributed by atoms with Gasteiger partial charge in [-0.2, -0.15) is 0 Å². The Kier molecular flexibility index (Phi) is 5.93. The van der Waals surface area contributed by atoms with Crippen LogP contribution in [-0.2, 0) is 13.1 Å². The highest BCUT2D eigenvalue weighted by atomic mass is 35.5. The number of halogens is 2. The van der Waals surface area contributed by atoms with Crippen molar-refractivity contribution < 1.29 is 4.74 Å².